The number of benzene rings is 2. The Morgan fingerprint density at radius 1 is 1.00 bits per heavy atom. The number of fused-ring (bicyclic) bond motifs is 3. The van der Waals surface area contributed by atoms with Crippen molar-refractivity contribution < 1.29 is 14.0 Å². The minimum absolute atomic E-state index is 0.325. The minimum atomic E-state index is -0.666. The number of halogens is 2. The summed E-state index contributed by atoms with van der Waals surface area (Å²) in [4.78, 5) is 36.2. The number of aliphatic imine (C=N–C) groups is 1. The summed E-state index contributed by atoms with van der Waals surface area (Å²) in [6, 6.07) is 12.3. The van der Waals surface area contributed by atoms with Gasteiger partial charge in [0.25, 0.3) is 5.91 Å². The van der Waals surface area contributed by atoms with Crippen molar-refractivity contribution in [3.63, 3.8) is 0 Å². The summed E-state index contributed by atoms with van der Waals surface area (Å²) in [7, 11) is 3.09. The number of imide groups is 1. The third-order valence-electron chi connectivity index (χ3n) is 5.56. The smallest absolute Gasteiger partial charge is 0.302 e. The van der Waals surface area contributed by atoms with E-state index < -0.39 is 18.2 Å². The molecule has 30 heavy (non-hydrogen) atoms. The van der Waals surface area contributed by atoms with Crippen LogP contribution in [0.2, 0.25) is 5.02 Å². The van der Waals surface area contributed by atoms with E-state index in [4.69, 9.17) is 16.6 Å². The van der Waals surface area contributed by atoms with Crippen molar-refractivity contribution in [1.29, 1.82) is 0 Å². The first kappa shape index (κ1) is 18.6. The lowest BCUT2D eigenvalue weighted by Gasteiger charge is -2.38. The van der Waals surface area contributed by atoms with Crippen molar-refractivity contribution in [2.75, 3.05) is 19.0 Å². The maximum absolute atomic E-state index is 13.6. The van der Waals surface area contributed by atoms with Crippen LogP contribution in [0.3, 0.4) is 0 Å². The van der Waals surface area contributed by atoms with Crippen LogP contribution in [0.15, 0.2) is 59.7 Å². The molecule has 1 saturated heterocycles. The van der Waals surface area contributed by atoms with Gasteiger partial charge < -0.3 is 4.90 Å². The second kappa shape index (κ2) is 6.56. The number of nitrogens with zero attached hydrogens (tertiary/aromatic N) is 5. The van der Waals surface area contributed by atoms with Crippen molar-refractivity contribution >= 4 is 40.9 Å². The SMILES string of the molecule is CN1C(=O)C2C(N=C3N(c4ccc(F)cc4)C(c4ccc(Cl)cc4)=CN32)N(C)C1=O. The quantitative estimate of drug-likeness (QED) is 0.741. The molecule has 2 unspecified atom stereocenters. The molecule has 2 atom stereocenters. The highest BCUT2D eigenvalue weighted by Crippen LogP contribution is 2.40. The summed E-state index contributed by atoms with van der Waals surface area (Å²) < 4.78 is 13.6. The number of likely N-dealkylation sites (N-methyl/N-ethyl adjacent to an activating group) is 2. The van der Waals surface area contributed by atoms with E-state index in [-0.39, 0.29) is 11.7 Å². The van der Waals surface area contributed by atoms with Crippen LogP contribution in [0.4, 0.5) is 14.9 Å². The van der Waals surface area contributed by atoms with Gasteiger partial charge in [-0.25, -0.2) is 14.2 Å². The first-order valence-electron chi connectivity index (χ1n) is 9.31. The van der Waals surface area contributed by atoms with E-state index in [2.05, 4.69) is 0 Å². The molecule has 2 aromatic rings. The summed E-state index contributed by atoms with van der Waals surface area (Å²) >= 11 is 6.04. The summed E-state index contributed by atoms with van der Waals surface area (Å²) in [5.41, 5.74) is 2.32. The highest BCUT2D eigenvalue weighted by Gasteiger charge is 2.54. The fraction of sp³-hybridized carbons (Fsp3) is 0.190. The molecule has 0 N–H and O–H groups in total. The summed E-state index contributed by atoms with van der Waals surface area (Å²) in [5, 5.41) is 0.604. The molecule has 3 heterocycles. The lowest BCUT2D eigenvalue weighted by atomic mass is 10.1. The fourth-order valence-corrected chi connectivity index (χ4v) is 4.11. The Hall–Kier alpha value is -3.39. The zero-order valence-electron chi connectivity index (χ0n) is 16.2. The maximum atomic E-state index is 13.6. The number of hydrogen-bond acceptors (Lipinski definition) is 5. The molecule has 3 amide bonds. The van der Waals surface area contributed by atoms with Crippen molar-refractivity contribution in [2.45, 2.75) is 12.2 Å². The van der Waals surface area contributed by atoms with Crippen molar-refractivity contribution in [2.24, 2.45) is 4.99 Å². The zero-order valence-corrected chi connectivity index (χ0v) is 16.9. The molecule has 2 aromatic carbocycles. The van der Waals surface area contributed by atoms with Crippen LogP contribution in [0.1, 0.15) is 5.56 Å². The molecular weight excluding hydrogens is 409 g/mol. The molecule has 1 fully saturated rings. The molecule has 5 rings (SSSR count). The Labute approximate surface area is 177 Å². The minimum Gasteiger partial charge on any atom is -0.302 e. The monoisotopic (exact) mass is 425 g/mol. The van der Waals surface area contributed by atoms with Gasteiger partial charge in [-0.3, -0.25) is 19.5 Å². The number of hydrogen-bond donors (Lipinski definition) is 0. The number of amides is 3. The Morgan fingerprint density at radius 2 is 1.67 bits per heavy atom. The van der Waals surface area contributed by atoms with E-state index in [0.717, 1.165) is 16.2 Å². The Morgan fingerprint density at radius 3 is 2.33 bits per heavy atom. The van der Waals surface area contributed by atoms with Gasteiger partial charge in [0.1, 0.15) is 5.82 Å². The highest BCUT2D eigenvalue weighted by molar-refractivity contribution is 6.30. The largest absolute Gasteiger partial charge is 0.328 e. The molecule has 0 aliphatic carbocycles. The van der Waals surface area contributed by atoms with Crippen LogP contribution in [0.25, 0.3) is 5.70 Å². The van der Waals surface area contributed by atoms with Crippen LogP contribution >= 0.6 is 11.6 Å². The number of rotatable bonds is 2. The van der Waals surface area contributed by atoms with Crippen LogP contribution in [0, 0.1) is 5.82 Å². The lowest BCUT2D eigenvalue weighted by Crippen LogP contribution is -2.63. The average Bonchev–Trinajstić information content (AvgIpc) is 3.28. The third-order valence-corrected chi connectivity index (χ3v) is 5.81. The Bertz CT molecular complexity index is 1120. The van der Waals surface area contributed by atoms with E-state index >= 15 is 0 Å². The number of carbonyl (C=O) groups excluding carboxylic acids is 2. The van der Waals surface area contributed by atoms with Gasteiger partial charge in [-0.2, -0.15) is 0 Å². The van der Waals surface area contributed by atoms with E-state index in [1.54, 1.807) is 36.2 Å². The van der Waals surface area contributed by atoms with Crippen molar-refractivity contribution in [1.82, 2.24) is 14.7 Å². The standard InChI is InChI=1S/C21H17ClFN5O2/c1-25-18-17(19(29)26(2)21(25)30)27-11-16(12-3-5-13(22)6-4-12)28(20(27)24-18)15-9-7-14(23)8-10-15/h3-11,17-18H,1-2H3. The molecule has 0 spiro atoms. The second-order valence-electron chi connectivity index (χ2n) is 7.32. The molecular formula is C21H17ClFN5O2. The van der Waals surface area contributed by atoms with Crippen LogP contribution in [0.5, 0.6) is 0 Å². The third kappa shape index (κ3) is 2.60. The van der Waals surface area contributed by atoms with Gasteiger partial charge in [0.05, 0.1) is 5.70 Å². The molecule has 0 radical (unpaired) electrons. The van der Waals surface area contributed by atoms with Gasteiger partial charge in [-0.05, 0) is 36.4 Å². The maximum Gasteiger partial charge on any atom is 0.328 e. The van der Waals surface area contributed by atoms with Gasteiger partial charge in [-0.15, -0.1) is 0 Å². The van der Waals surface area contributed by atoms with Gasteiger partial charge in [0.2, 0.25) is 5.96 Å². The van der Waals surface area contributed by atoms with Gasteiger partial charge in [0, 0.05) is 36.6 Å². The van der Waals surface area contributed by atoms with Gasteiger partial charge >= 0.3 is 6.03 Å². The van der Waals surface area contributed by atoms with Gasteiger partial charge in [0.15, 0.2) is 12.2 Å². The number of anilines is 1. The topological polar surface area (TPSA) is 59.5 Å². The van der Waals surface area contributed by atoms with Crippen molar-refractivity contribution in [3.05, 3.63) is 71.1 Å². The van der Waals surface area contributed by atoms with Crippen LogP contribution in [-0.4, -0.2) is 58.9 Å². The van der Waals surface area contributed by atoms with Gasteiger partial charge in [-0.1, -0.05) is 23.7 Å². The average molecular weight is 426 g/mol. The normalized spacial score (nSPS) is 22.9. The molecule has 0 saturated carbocycles. The second-order valence-corrected chi connectivity index (χ2v) is 7.76. The molecule has 3 aliphatic rings. The zero-order chi connectivity index (χ0) is 21.2. The van der Waals surface area contributed by atoms with E-state index in [9.17, 15) is 14.0 Å². The van der Waals surface area contributed by atoms with Crippen molar-refractivity contribution in [3.8, 4) is 0 Å². The molecule has 7 nitrogen and oxygen atoms in total. The predicted octanol–water partition coefficient (Wildman–Crippen LogP) is 3.19. The van der Waals surface area contributed by atoms with E-state index in [1.165, 1.54) is 24.1 Å². The molecule has 0 bridgehead atoms. The molecule has 0 aromatic heterocycles. The number of guanidine groups is 1. The summed E-state index contributed by atoms with van der Waals surface area (Å²) in [6.45, 7) is 0. The first-order chi connectivity index (χ1) is 14.4. The molecule has 9 heteroatoms. The lowest BCUT2D eigenvalue weighted by molar-refractivity contribution is -0.135. The summed E-state index contributed by atoms with van der Waals surface area (Å²) in [6.07, 6.45) is 1.20. The van der Waals surface area contributed by atoms with Crippen LogP contribution < -0.4 is 4.90 Å². The summed E-state index contributed by atoms with van der Waals surface area (Å²) in [5.74, 6) is -0.171. The predicted molar refractivity (Wildman–Crippen MR) is 111 cm³/mol. The van der Waals surface area contributed by atoms with Crippen LogP contribution in [-0.2, 0) is 4.79 Å². The Balaban J connectivity index is 1.64. The fourth-order valence-electron chi connectivity index (χ4n) is 3.99. The Kier molecular flexibility index (Phi) is 4.08. The molecule has 3 aliphatic heterocycles. The van der Waals surface area contributed by atoms with E-state index in [0.29, 0.717) is 16.7 Å². The molecule has 152 valence electrons. The number of urea groups is 1. The van der Waals surface area contributed by atoms with E-state index in [1.807, 2.05) is 23.2 Å². The first-order valence-corrected chi connectivity index (χ1v) is 9.68. The number of carbonyl (C=O) groups is 2. The highest BCUT2D eigenvalue weighted by atomic mass is 35.5.